The molecule has 0 atom stereocenters. The summed E-state index contributed by atoms with van der Waals surface area (Å²) in [6.07, 6.45) is 3.90. The molecule has 0 amide bonds. The van der Waals surface area contributed by atoms with Crippen molar-refractivity contribution in [3.63, 3.8) is 0 Å². The number of nitrogens with zero attached hydrogens (tertiary/aromatic N) is 1. The summed E-state index contributed by atoms with van der Waals surface area (Å²) in [4.78, 5) is 0. The topological polar surface area (TPSA) is 35.8 Å². The molecule has 0 heterocycles. The van der Waals surface area contributed by atoms with Crippen molar-refractivity contribution in [2.45, 2.75) is 26.7 Å². The minimum atomic E-state index is 0.956. The van der Waals surface area contributed by atoms with Crippen LogP contribution in [0.15, 0.2) is 18.2 Å². The van der Waals surface area contributed by atoms with Gasteiger partial charge in [-0.3, -0.25) is 5.32 Å². The van der Waals surface area contributed by atoms with Crippen molar-refractivity contribution in [1.82, 2.24) is 0 Å². The molecule has 1 aromatic rings. The van der Waals surface area contributed by atoms with Crippen LogP contribution in [0.5, 0.6) is 0 Å². The number of para-hydroxylation sites is 1. The number of hydrogen-bond donors (Lipinski definition) is 1. The van der Waals surface area contributed by atoms with E-state index in [1.165, 1.54) is 11.1 Å². The maximum absolute atomic E-state index is 8.60. The molecule has 0 aliphatic rings. The van der Waals surface area contributed by atoms with Crippen LogP contribution in [0.2, 0.25) is 0 Å². The van der Waals surface area contributed by atoms with E-state index in [4.69, 9.17) is 5.26 Å². The monoisotopic (exact) mass is 174 g/mol. The quantitative estimate of drug-likeness (QED) is 0.565. The number of anilines is 1. The lowest BCUT2D eigenvalue weighted by Crippen LogP contribution is -1.98. The zero-order chi connectivity index (χ0) is 9.68. The molecule has 0 aromatic heterocycles. The summed E-state index contributed by atoms with van der Waals surface area (Å²) < 4.78 is 0. The normalized spacial score (nSPS) is 9.31. The predicted molar refractivity (Wildman–Crippen MR) is 54.4 cm³/mol. The van der Waals surface area contributed by atoms with Gasteiger partial charge < -0.3 is 0 Å². The maximum Gasteiger partial charge on any atom is 0.181 e. The first-order valence-electron chi connectivity index (χ1n) is 4.59. The minimum Gasteiger partial charge on any atom is -0.292 e. The fourth-order valence-electron chi connectivity index (χ4n) is 1.46. The number of nitrogens with one attached hydrogen (secondary N) is 1. The van der Waals surface area contributed by atoms with Crippen LogP contribution in [0.1, 0.15) is 25.0 Å². The maximum atomic E-state index is 8.60. The SMILES string of the molecule is CCc1cccc(CC)c1NC#N. The Bertz CT molecular complexity index is 301. The molecule has 0 aliphatic carbocycles. The number of benzene rings is 1. The van der Waals surface area contributed by atoms with Crippen LogP contribution in [0.25, 0.3) is 0 Å². The third-order valence-corrected chi connectivity index (χ3v) is 2.18. The fourth-order valence-corrected chi connectivity index (χ4v) is 1.46. The van der Waals surface area contributed by atoms with Gasteiger partial charge in [0.25, 0.3) is 0 Å². The van der Waals surface area contributed by atoms with Crippen LogP contribution in [0, 0.1) is 11.5 Å². The lowest BCUT2D eigenvalue weighted by Gasteiger charge is -2.09. The Morgan fingerprint density at radius 3 is 2.15 bits per heavy atom. The smallest absolute Gasteiger partial charge is 0.181 e. The van der Waals surface area contributed by atoms with Gasteiger partial charge in [0.2, 0.25) is 0 Å². The molecule has 0 aliphatic heterocycles. The molecular weight excluding hydrogens is 160 g/mol. The fraction of sp³-hybridized carbons (Fsp3) is 0.364. The largest absolute Gasteiger partial charge is 0.292 e. The number of aryl methyl sites for hydroxylation is 2. The molecule has 0 saturated heterocycles. The van der Waals surface area contributed by atoms with Gasteiger partial charge in [0, 0.05) is 0 Å². The van der Waals surface area contributed by atoms with Crippen LogP contribution in [0.3, 0.4) is 0 Å². The summed E-state index contributed by atoms with van der Waals surface area (Å²) in [7, 11) is 0. The Labute approximate surface area is 79.2 Å². The molecule has 0 fully saturated rings. The van der Waals surface area contributed by atoms with Crippen molar-refractivity contribution in [3.05, 3.63) is 29.3 Å². The van der Waals surface area contributed by atoms with Crippen LogP contribution >= 0.6 is 0 Å². The molecule has 1 N–H and O–H groups in total. The summed E-state index contributed by atoms with van der Waals surface area (Å²) in [6.45, 7) is 4.19. The summed E-state index contributed by atoms with van der Waals surface area (Å²) in [5.74, 6) is 0. The third kappa shape index (κ3) is 2.00. The van der Waals surface area contributed by atoms with Crippen LogP contribution in [-0.4, -0.2) is 0 Å². The van der Waals surface area contributed by atoms with E-state index in [1.807, 2.05) is 12.3 Å². The van der Waals surface area contributed by atoms with Crippen LogP contribution < -0.4 is 5.32 Å². The second kappa shape index (κ2) is 4.51. The second-order valence-corrected chi connectivity index (χ2v) is 2.90. The van der Waals surface area contributed by atoms with Crippen LogP contribution in [-0.2, 0) is 12.8 Å². The minimum absolute atomic E-state index is 0.956. The Hall–Kier alpha value is -1.49. The van der Waals surface area contributed by atoms with Crippen molar-refractivity contribution in [1.29, 1.82) is 5.26 Å². The van der Waals surface area contributed by atoms with Gasteiger partial charge in [-0.05, 0) is 24.0 Å². The zero-order valence-corrected chi connectivity index (χ0v) is 8.09. The highest BCUT2D eigenvalue weighted by Crippen LogP contribution is 2.21. The number of nitriles is 1. The molecule has 1 rings (SSSR count). The Balaban J connectivity index is 3.14. The lowest BCUT2D eigenvalue weighted by atomic mass is 10.0. The van der Waals surface area contributed by atoms with E-state index in [-0.39, 0.29) is 0 Å². The first-order valence-corrected chi connectivity index (χ1v) is 4.59. The number of rotatable bonds is 3. The highest BCUT2D eigenvalue weighted by molar-refractivity contribution is 5.59. The average molecular weight is 174 g/mol. The van der Waals surface area contributed by atoms with Crippen molar-refractivity contribution >= 4 is 5.69 Å². The Morgan fingerprint density at radius 2 is 1.77 bits per heavy atom. The second-order valence-electron chi connectivity index (χ2n) is 2.90. The Kier molecular flexibility index (Phi) is 3.33. The molecule has 0 spiro atoms. The van der Waals surface area contributed by atoms with E-state index in [0.29, 0.717) is 0 Å². The van der Waals surface area contributed by atoms with Gasteiger partial charge in [-0.1, -0.05) is 32.0 Å². The van der Waals surface area contributed by atoms with Crippen molar-refractivity contribution in [3.8, 4) is 6.19 Å². The highest BCUT2D eigenvalue weighted by Gasteiger charge is 2.03. The van der Waals surface area contributed by atoms with Gasteiger partial charge in [0.15, 0.2) is 6.19 Å². The van der Waals surface area contributed by atoms with Crippen LogP contribution in [0.4, 0.5) is 5.69 Å². The van der Waals surface area contributed by atoms with Gasteiger partial charge in [-0.15, -0.1) is 0 Å². The van der Waals surface area contributed by atoms with E-state index >= 15 is 0 Å². The molecule has 2 nitrogen and oxygen atoms in total. The van der Waals surface area contributed by atoms with Gasteiger partial charge in [0.1, 0.15) is 0 Å². The van der Waals surface area contributed by atoms with Crippen molar-refractivity contribution < 1.29 is 0 Å². The first kappa shape index (κ1) is 9.60. The summed E-state index contributed by atoms with van der Waals surface area (Å²) in [5.41, 5.74) is 3.41. The average Bonchev–Trinajstić information content (AvgIpc) is 2.18. The molecule has 0 unspecified atom stereocenters. The van der Waals surface area contributed by atoms with E-state index in [9.17, 15) is 0 Å². The molecule has 0 saturated carbocycles. The van der Waals surface area contributed by atoms with Gasteiger partial charge in [-0.2, -0.15) is 5.26 Å². The highest BCUT2D eigenvalue weighted by atomic mass is 14.9. The standard InChI is InChI=1S/C11H14N2/c1-3-9-6-5-7-10(4-2)11(9)13-8-12/h5-7,13H,3-4H2,1-2H3. The third-order valence-electron chi connectivity index (χ3n) is 2.18. The van der Waals surface area contributed by atoms with E-state index in [1.54, 1.807) is 0 Å². The summed E-state index contributed by atoms with van der Waals surface area (Å²) in [6, 6.07) is 6.15. The van der Waals surface area contributed by atoms with Gasteiger partial charge in [0.05, 0.1) is 5.69 Å². The lowest BCUT2D eigenvalue weighted by molar-refractivity contribution is 1.09. The van der Waals surface area contributed by atoms with Gasteiger partial charge in [-0.25, -0.2) is 0 Å². The molecule has 2 heteroatoms. The van der Waals surface area contributed by atoms with E-state index in [0.717, 1.165) is 18.5 Å². The Morgan fingerprint density at radius 1 is 1.23 bits per heavy atom. The molecule has 13 heavy (non-hydrogen) atoms. The van der Waals surface area contributed by atoms with Crippen molar-refractivity contribution in [2.24, 2.45) is 0 Å². The van der Waals surface area contributed by atoms with E-state index in [2.05, 4.69) is 31.3 Å². The number of hydrogen-bond acceptors (Lipinski definition) is 2. The first-order chi connectivity index (χ1) is 6.33. The molecule has 0 bridgehead atoms. The molecule has 0 radical (unpaired) electrons. The van der Waals surface area contributed by atoms with Gasteiger partial charge >= 0.3 is 0 Å². The summed E-state index contributed by atoms with van der Waals surface area (Å²) in [5, 5.41) is 11.4. The van der Waals surface area contributed by atoms with Crippen molar-refractivity contribution in [2.75, 3.05) is 5.32 Å². The van der Waals surface area contributed by atoms with E-state index < -0.39 is 0 Å². The zero-order valence-electron chi connectivity index (χ0n) is 8.09. The molecular formula is C11H14N2. The molecule has 1 aromatic carbocycles. The predicted octanol–water partition coefficient (Wildman–Crippen LogP) is 2.70. The molecule has 68 valence electrons. The summed E-state index contributed by atoms with van der Waals surface area (Å²) >= 11 is 0.